The maximum atomic E-state index is 11.6. The van der Waals surface area contributed by atoms with E-state index in [-0.39, 0.29) is 22.2 Å². The van der Waals surface area contributed by atoms with Gasteiger partial charge in [-0.15, -0.1) is 0 Å². The molecule has 134 valence electrons. The molecule has 0 aliphatic carbocycles. The number of carboxylic acids is 1. The molecule has 0 spiro atoms. The van der Waals surface area contributed by atoms with Crippen LogP contribution < -0.4 is 9.46 Å². The van der Waals surface area contributed by atoms with E-state index < -0.39 is 21.9 Å². The number of carboxylic acid groups (broad SMARTS) is 1. The van der Waals surface area contributed by atoms with Gasteiger partial charge in [0.25, 0.3) is 0 Å². The van der Waals surface area contributed by atoms with Crippen LogP contribution in [0.3, 0.4) is 0 Å². The zero-order valence-corrected chi connectivity index (χ0v) is 15.6. The summed E-state index contributed by atoms with van der Waals surface area (Å²) in [7, 11) is -3.60. The molecule has 0 radical (unpaired) electrons. The Hall–Kier alpha value is -1.96. The molecule has 0 aliphatic heterocycles. The van der Waals surface area contributed by atoms with Gasteiger partial charge in [0.1, 0.15) is 5.75 Å². The van der Waals surface area contributed by atoms with Crippen LogP contribution in [0.25, 0.3) is 0 Å². The average Bonchev–Trinajstić information content (AvgIpc) is 2.49. The Kier molecular flexibility index (Phi) is 5.82. The number of nitrogens with one attached hydrogen (secondary N) is 1. The number of aliphatic carboxylic acids is 1. The topological polar surface area (TPSA) is 92.7 Å². The molecule has 0 fully saturated rings. The van der Waals surface area contributed by atoms with Gasteiger partial charge < -0.3 is 9.84 Å². The second kappa shape index (κ2) is 7.51. The van der Waals surface area contributed by atoms with Gasteiger partial charge in [-0.1, -0.05) is 29.3 Å². The minimum Gasteiger partial charge on any atom is -0.481 e. The molecule has 1 unspecified atom stereocenters. The molecule has 2 rings (SSSR count). The lowest BCUT2D eigenvalue weighted by molar-refractivity contribution is -0.138. The highest BCUT2D eigenvalue weighted by Crippen LogP contribution is 2.37. The highest BCUT2D eigenvalue weighted by molar-refractivity contribution is 7.92. The van der Waals surface area contributed by atoms with Crippen LogP contribution in [0.5, 0.6) is 11.5 Å². The van der Waals surface area contributed by atoms with E-state index in [0.717, 1.165) is 6.26 Å². The molecule has 0 aliphatic rings. The van der Waals surface area contributed by atoms with Gasteiger partial charge in [0.15, 0.2) is 5.75 Å². The zero-order valence-electron chi connectivity index (χ0n) is 13.3. The summed E-state index contributed by atoms with van der Waals surface area (Å²) in [6.07, 6.45) is 0.985. The fourth-order valence-corrected chi connectivity index (χ4v) is 3.01. The second-order valence-electron chi connectivity index (χ2n) is 5.37. The number of halogens is 2. The molecule has 9 heteroatoms. The fraction of sp³-hybridized carbons (Fsp3) is 0.188. The Labute approximate surface area is 155 Å². The van der Waals surface area contributed by atoms with E-state index in [1.54, 1.807) is 18.2 Å². The minimum absolute atomic E-state index is 0.110. The van der Waals surface area contributed by atoms with E-state index in [1.807, 2.05) is 0 Å². The number of carbonyl (C=O) groups is 1. The molecule has 0 heterocycles. The molecule has 1 atom stereocenters. The molecule has 0 aromatic heterocycles. The van der Waals surface area contributed by atoms with Gasteiger partial charge in [0.05, 0.1) is 22.9 Å². The summed E-state index contributed by atoms with van der Waals surface area (Å²) in [4.78, 5) is 11.1. The Bertz CT molecular complexity index is 915. The van der Waals surface area contributed by atoms with Crippen molar-refractivity contribution in [2.45, 2.75) is 12.8 Å². The van der Waals surface area contributed by atoms with Crippen molar-refractivity contribution in [3.63, 3.8) is 0 Å². The van der Waals surface area contributed by atoms with Gasteiger partial charge in [0, 0.05) is 5.02 Å². The van der Waals surface area contributed by atoms with E-state index >= 15 is 0 Å². The number of hydrogen-bond donors (Lipinski definition) is 2. The Morgan fingerprint density at radius 3 is 2.36 bits per heavy atom. The fourth-order valence-electron chi connectivity index (χ4n) is 2.00. The Balaban J connectivity index is 2.46. The third kappa shape index (κ3) is 5.26. The molecular weight excluding hydrogens is 389 g/mol. The molecule has 0 saturated heterocycles. The summed E-state index contributed by atoms with van der Waals surface area (Å²) in [5.41, 5.74) is 0.535. The van der Waals surface area contributed by atoms with Gasteiger partial charge >= 0.3 is 5.97 Å². The predicted octanol–water partition coefficient (Wildman–Crippen LogP) is 4.35. The summed E-state index contributed by atoms with van der Waals surface area (Å²) < 4.78 is 31.2. The number of rotatable bonds is 6. The number of ether oxygens (including phenoxy) is 1. The smallest absolute Gasteiger partial charge is 0.310 e. The van der Waals surface area contributed by atoms with Crippen LogP contribution in [0.15, 0.2) is 36.4 Å². The van der Waals surface area contributed by atoms with Gasteiger partial charge in [0.2, 0.25) is 10.0 Å². The summed E-state index contributed by atoms with van der Waals surface area (Å²) in [6.45, 7) is 1.50. The first-order valence-corrected chi connectivity index (χ1v) is 9.69. The molecule has 2 N–H and O–H groups in total. The summed E-state index contributed by atoms with van der Waals surface area (Å²) in [5.74, 6) is -1.38. The SMILES string of the molecule is CC(C(=O)O)c1ccc(Oc2ccc(Cl)cc2Cl)c(NS(C)(=O)=O)c1. The monoisotopic (exact) mass is 403 g/mol. The van der Waals surface area contributed by atoms with Crippen molar-refractivity contribution >= 4 is 44.9 Å². The van der Waals surface area contributed by atoms with Crippen molar-refractivity contribution < 1.29 is 23.1 Å². The molecule has 0 bridgehead atoms. The molecule has 2 aromatic rings. The van der Waals surface area contributed by atoms with Crippen LogP contribution in [0.2, 0.25) is 10.0 Å². The largest absolute Gasteiger partial charge is 0.481 e. The van der Waals surface area contributed by atoms with Crippen molar-refractivity contribution in [1.29, 1.82) is 0 Å². The second-order valence-corrected chi connectivity index (χ2v) is 7.96. The standard InChI is InChI=1S/C16H15Cl2NO5S/c1-9(16(20)21)10-3-5-15(13(7-10)19-25(2,22)23)24-14-6-4-11(17)8-12(14)18/h3-9,19H,1-2H3,(H,20,21). The van der Waals surface area contributed by atoms with E-state index in [4.69, 9.17) is 33.0 Å². The number of benzene rings is 2. The Morgan fingerprint density at radius 2 is 1.80 bits per heavy atom. The molecule has 6 nitrogen and oxygen atoms in total. The highest BCUT2D eigenvalue weighted by Gasteiger charge is 2.18. The molecule has 0 amide bonds. The van der Waals surface area contributed by atoms with Gasteiger partial charge in [-0.25, -0.2) is 8.42 Å². The van der Waals surface area contributed by atoms with E-state index in [2.05, 4.69) is 4.72 Å². The van der Waals surface area contributed by atoms with Crippen LogP contribution in [-0.4, -0.2) is 25.7 Å². The first kappa shape index (κ1) is 19.4. The van der Waals surface area contributed by atoms with Crippen molar-refractivity contribution in [3.05, 3.63) is 52.0 Å². The minimum atomic E-state index is -3.60. The Morgan fingerprint density at radius 1 is 1.16 bits per heavy atom. The van der Waals surface area contributed by atoms with Gasteiger partial charge in [-0.2, -0.15) is 0 Å². The van der Waals surface area contributed by atoms with Crippen molar-refractivity contribution in [3.8, 4) is 11.5 Å². The first-order valence-electron chi connectivity index (χ1n) is 7.04. The third-order valence-electron chi connectivity index (χ3n) is 3.28. The normalized spacial score (nSPS) is 12.5. The van der Waals surface area contributed by atoms with Crippen molar-refractivity contribution in [2.75, 3.05) is 11.0 Å². The number of anilines is 1. The predicted molar refractivity (Wildman–Crippen MR) is 97.5 cm³/mol. The quantitative estimate of drug-likeness (QED) is 0.747. The number of hydrogen-bond acceptors (Lipinski definition) is 4. The number of sulfonamides is 1. The van der Waals surface area contributed by atoms with Crippen LogP contribution >= 0.6 is 23.2 Å². The summed E-state index contributed by atoms with van der Waals surface area (Å²) >= 11 is 11.9. The van der Waals surface area contributed by atoms with Gasteiger partial charge in [-0.3, -0.25) is 9.52 Å². The maximum Gasteiger partial charge on any atom is 0.310 e. The van der Waals surface area contributed by atoms with Crippen LogP contribution in [0.1, 0.15) is 18.4 Å². The van der Waals surface area contributed by atoms with Crippen LogP contribution in [0.4, 0.5) is 5.69 Å². The van der Waals surface area contributed by atoms with E-state index in [0.29, 0.717) is 10.6 Å². The third-order valence-corrected chi connectivity index (χ3v) is 4.40. The lowest BCUT2D eigenvalue weighted by atomic mass is 10.0. The van der Waals surface area contributed by atoms with Crippen molar-refractivity contribution in [1.82, 2.24) is 0 Å². The molecule has 2 aromatic carbocycles. The van der Waals surface area contributed by atoms with E-state index in [9.17, 15) is 13.2 Å². The lowest BCUT2D eigenvalue weighted by Gasteiger charge is -2.16. The van der Waals surface area contributed by atoms with Crippen LogP contribution in [-0.2, 0) is 14.8 Å². The maximum absolute atomic E-state index is 11.6. The molecule has 0 saturated carbocycles. The first-order chi connectivity index (χ1) is 11.6. The van der Waals surface area contributed by atoms with Crippen LogP contribution in [0, 0.1) is 0 Å². The zero-order chi connectivity index (χ0) is 18.8. The molecule has 25 heavy (non-hydrogen) atoms. The summed E-state index contributed by atoms with van der Waals surface area (Å²) in [6, 6.07) is 9.05. The van der Waals surface area contributed by atoms with E-state index in [1.165, 1.54) is 25.1 Å². The lowest BCUT2D eigenvalue weighted by Crippen LogP contribution is -2.12. The summed E-state index contributed by atoms with van der Waals surface area (Å²) in [5, 5.41) is 9.80. The van der Waals surface area contributed by atoms with Crippen molar-refractivity contribution in [2.24, 2.45) is 0 Å². The highest BCUT2D eigenvalue weighted by atomic mass is 35.5. The average molecular weight is 404 g/mol. The molecular formula is C16H15Cl2NO5S. The van der Waals surface area contributed by atoms with Gasteiger partial charge in [-0.05, 0) is 42.8 Å².